The molecular weight excluding hydrogens is 540 g/mol. The zero-order chi connectivity index (χ0) is 28.8. The number of hydrogen-bond acceptors (Lipinski definition) is 7. The first-order valence-corrected chi connectivity index (χ1v) is 15.8. The van der Waals surface area contributed by atoms with Crippen LogP contribution in [0.15, 0.2) is 47.9 Å². The lowest BCUT2D eigenvalue weighted by Crippen LogP contribution is -2.48. The van der Waals surface area contributed by atoms with Gasteiger partial charge in [-0.3, -0.25) is 9.78 Å². The number of aryl methyl sites for hydroxylation is 2. The van der Waals surface area contributed by atoms with E-state index in [4.69, 9.17) is 4.74 Å². The maximum absolute atomic E-state index is 13.8. The molecule has 0 saturated carbocycles. The van der Waals surface area contributed by atoms with Gasteiger partial charge in [-0.15, -0.1) is 0 Å². The molecule has 5 heterocycles. The second kappa shape index (κ2) is 10.8. The third kappa shape index (κ3) is 5.10. The largest absolute Gasteiger partial charge is 0.497 e. The molecule has 2 aromatic heterocycles. The fourth-order valence-electron chi connectivity index (χ4n) is 6.81. The fraction of sp³-hybridized carbons (Fsp3) is 0.500. The van der Waals surface area contributed by atoms with E-state index >= 15 is 0 Å². The number of likely N-dealkylation sites (tertiary alicyclic amines) is 1. The van der Waals surface area contributed by atoms with Crippen molar-refractivity contribution < 1.29 is 17.9 Å². The lowest BCUT2D eigenvalue weighted by atomic mass is 9.71. The van der Waals surface area contributed by atoms with Crippen LogP contribution < -0.4 is 9.64 Å². The first-order chi connectivity index (χ1) is 19.7. The van der Waals surface area contributed by atoms with Gasteiger partial charge in [0.25, 0.3) is 5.91 Å². The van der Waals surface area contributed by atoms with Crippen LogP contribution in [0, 0.1) is 19.3 Å². The van der Waals surface area contributed by atoms with Gasteiger partial charge in [0.05, 0.1) is 30.6 Å². The van der Waals surface area contributed by atoms with Crippen molar-refractivity contribution in [3.05, 3.63) is 65.5 Å². The van der Waals surface area contributed by atoms with E-state index < -0.39 is 10.0 Å². The number of carbonyl (C=O) groups excluding carboxylic acids is 1. The molecule has 0 unspecified atom stereocenters. The van der Waals surface area contributed by atoms with Gasteiger partial charge in [0.1, 0.15) is 5.75 Å². The van der Waals surface area contributed by atoms with Crippen LogP contribution in [-0.4, -0.2) is 77.9 Å². The van der Waals surface area contributed by atoms with Crippen molar-refractivity contribution in [1.29, 1.82) is 0 Å². The molecule has 0 N–H and O–H groups in total. The van der Waals surface area contributed by atoms with Crippen molar-refractivity contribution in [3.8, 4) is 5.75 Å². The molecule has 11 heteroatoms. The quantitative estimate of drug-likeness (QED) is 0.456. The number of sulfonamides is 1. The molecule has 1 spiro atoms. The number of benzene rings is 1. The fourth-order valence-corrected chi connectivity index (χ4v) is 8.61. The number of methoxy groups -OCH3 is 1. The van der Waals surface area contributed by atoms with Gasteiger partial charge in [0.2, 0.25) is 10.0 Å². The smallest absolute Gasteiger partial charge is 0.274 e. The number of rotatable bonds is 5. The van der Waals surface area contributed by atoms with E-state index in [1.165, 1.54) is 9.99 Å². The summed E-state index contributed by atoms with van der Waals surface area (Å²) in [5.74, 6) is 0.532. The van der Waals surface area contributed by atoms with Crippen molar-refractivity contribution >= 4 is 21.6 Å². The topological polar surface area (TPSA) is 101 Å². The zero-order valence-electron chi connectivity index (χ0n) is 24.0. The molecule has 2 saturated heterocycles. The monoisotopic (exact) mass is 578 g/mol. The van der Waals surface area contributed by atoms with Crippen LogP contribution >= 0.6 is 0 Å². The normalized spacial score (nSPS) is 19.3. The molecule has 3 aliphatic heterocycles. The lowest BCUT2D eigenvalue weighted by Gasteiger charge is -2.47. The molecule has 3 aromatic rings. The Hall–Kier alpha value is -3.44. The van der Waals surface area contributed by atoms with E-state index in [1.807, 2.05) is 21.9 Å². The molecule has 10 nitrogen and oxygen atoms in total. The highest BCUT2D eigenvalue weighted by atomic mass is 32.2. The van der Waals surface area contributed by atoms with E-state index in [2.05, 4.69) is 27.0 Å². The Morgan fingerprint density at radius 2 is 1.56 bits per heavy atom. The number of hydrogen-bond donors (Lipinski definition) is 0. The number of imidazole rings is 1. The van der Waals surface area contributed by atoms with Crippen molar-refractivity contribution in [1.82, 2.24) is 23.7 Å². The van der Waals surface area contributed by atoms with E-state index in [0.717, 1.165) is 38.8 Å². The van der Waals surface area contributed by atoms with Crippen LogP contribution in [0.2, 0.25) is 0 Å². The zero-order valence-corrected chi connectivity index (χ0v) is 24.9. The molecular formula is C30H38N6O4S. The van der Waals surface area contributed by atoms with Gasteiger partial charge in [-0.25, -0.2) is 13.4 Å². The third-order valence-corrected chi connectivity index (χ3v) is 11.4. The number of fused-ring (bicyclic) bond motifs is 1. The minimum Gasteiger partial charge on any atom is -0.497 e. The van der Waals surface area contributed by atoms with Crippen molar-refractivity contribution in [2.45, 2.75) is 57.5 Å². The average Bonchev–Trinajstić information content (AvgIpc) is 3.41. The molecule has 218 valence electrons. The van der Waals surface area contributed by atoms with Crippen molar-refractivity contribution in [2.75, 3.05) is 44.7 Å². The van der Waals surface area contributed by atoms with Gasteiger partial charge in [0.15, 0.2) is 5.69 Å². The molecule has 3 aliphatic rings. The van der Waals surface area contributed by atoms with Crippen LogP contribution in [0.3, 0.4) is 0 Å². The standard InChI is InChI=1S/C30H38N6O4S/c1-22-18-25(40-3)19-23(2)28(22)41(38,39)36-17-16-35-21-32-27(26(35)20-36)29(37)34-14-8-30(9-15-34)6-12-33(13-7-30)24-4-10-31-11-5-24/h4-5,10-11,18-19,21H,6-9,12-17,20H2,1-3H3. The maximum atomic E-state index is 13.8. The first-order valence-electron chi connectivity index (χ1n) is 14.3. The molecule has 0 aliphatic carbocycles. The van der Waals surface area contributed by atoms with Crippen molar-refractivity contribution in [2.24, 2.45) is 5.41 Å². The maximum Gasteiger partial charge on any atom is 0.274 e. The van der Waals surface area contributed by atoms with Crippen LogP contribution in [0.4, 0.5) is 5.69 Å². The Balaban J connectivity index is 1.13. The summed E-state index contributed by atoms with van der Waals surface area (Å²) in [5.41, 5.74) is 3.82. The van der Waals surface area contributed by atoms with Crippen molar-refractivity contribution in [3.63, 3.8) is 0 Å². The SMILES string of the molecule is COc1cc(C)c(S(=O)(=O)N2CCn3cnc(C(=O)N4CCC5(CC4)CCN(c4ccncc4)CC5)c3C2)c(C)c1. The number of piperidine rings is 2. The van der Waals surface area contributed by atoms with E-state index in [-0.39, 0.29) is 17.9 Å². The van der Waals surface area contributed by atoms with Crippen LogP contribution in [0.25, 0.3) is 0 Å². The predicted molar refractivity (Wildman–Crippen MR) is 156 cm³/mol. The summed E-state index contributed by atoms with van der Waals surface area (Å²) in [6.07, 6.45) is 9.56. The summed E-state index contributed by atoms with van der Waals surface area (Å²) in [6.45, 7) is 7.92. The van der Waals surface area contributed by atoms with Gasteiger partial charge >= 0.3 is 0 Å². The number of nitrogens with zero attached hydrogens (tertiary/aromatic N) is 6. The Kier molecular flexibility index (Phi) is 7.27. The number of carbonyl (C=O) groups is 1. The Morgan fingerprint density at radius 3 is 2.20 bits per heavy atom. The minimum absolute atomic E-state index is 0.0983. The number of amides is 1. The summed E-state index contributed by atoms with van der Waals surface area (Å²) in [5, 5.41) is 0. The molecule has 2 fully saturated rings. The van der Waals surface area contributed by atoms with Crippen LogP contribution in [-0.2, 0) is 23.1 Å². The second-order valence-electron chi connectivity index (χ2n) is 11.6. The molecule has 6 rings (SSSR count). The summed E-state index contributed by atoms with van der Waals surface area (Å²) >= 11 is 0. The summed E-state index contributed by atoms with van der Waals surface area (Å²) < 4.78 is 36.3. The summed E-state index contributed by atoms with van der Waals surface area (Å²) in [6, 6.07) is 7.62. The van der Waals surface area contributed by atoms with Crippen LogP contribution in [0.1, 0.15) is 53.0 Å². The van der Waals surface area contributed by atoms with Gasteiger partial charge in [-0.05, 0) is 80.3 Å². The highest BCUT2D eigenvalue weighted by molar-refractivity contribution is 7.89. The van der Waals surface area contributed by atoms with Crippen LogP contribution in [0.5, 0.6) is 5.75 Å². The lowest BCUT2D eigenvalue weighted by molar-refractivity contribution is 0.0508. The third-order valence-electron chi connectivity index (χ3n) is 9.30. The second-order valence-corrected chi connectivity index (χ2v) is 13.5. The van der Waals surface area contributed by atoms with E-state index in [1.54, 1.807) is 39.4 Å². The van der Waals surface area contributed by atoms with E-state index in [0.29, 0.717) is 59.3 Å². The van der Waals surface area contributed by atoms with Gasteiger partial charge in [-0.2, -0.15) is 4.31 Å². The van der Waals surface area contributed by atoms with Gasteiger partial charge < -0.3 is 19.1 Å². The molecule has 0 bridgehead atoms. The number of ether oxygens (including phenoxy) is 1. The van der Waals surface area contributed by atoms with Gasteiger partial charge in [0, 0.05) is 57.3 Å². The number of pyridine rings is 1. The molecule has 41 heavy (non-hydrogen) atoms. The molecule has 0 radical (unpaired) electrons. The average molecular weight is 579 g/mol. The highest BCUT2D eigenvalue weighted by Crippen LogP contribution is 2.42. The molecule has 1 amide bonds. The Bertz CT molecular complexity index is 1510. The molecule has 0 atom stereocenters. The number of anilines is 1. The van der Waals surface area contributed by atoms with E-state index in [9.17, 15) is 13.2 Å². The predicted octanol–water partition coefficient (Wildman–Crippen LogP) is 3.63. The number of aromatic nitrogens is 3. The van der Waals surface area contributed by atoms with Gasteiger partial charge in [-0.1, -0.05) is 0 Å². The minimum atomic E-state index is -3.78. The summed E-state index contributed by atoms with van der Waals surface area (Å²) in [4.78, 5) is 27.0. The Labute approximate surface area is 242 Å². The first kappa shape index (κ1) is 27.7. The highest BCUT2D eigenvalue weighted by Gasteiger charge is 2.40. The Morgan fingerprint density at radius 1 is 0.927 bits per heavy atom. The molecule has 1 aromatic carbocycles. The summed E-state index contributed by atoms with van der Waals surface area (Å²) in [7, 11) is -2.20.